The molecule has 1 saturated heterocycles. The molecule has 3 nitrogen and oxygen atoms in total. The number of aliphatic carboxylic acids is 1. The zero-order valence-electron chi connectivity index (χ0n) is 11.7. The highest BCUT2D eigenvalue weighted by atomic mass is 32.2. The third-order valence-electron chi connectivity index (χ3n) is 2.85. The zero-order chi connectivity index (χ0) is 14.5. The number of carboxylic acids is 1. The van der Waals surface area contributed by atoms with Crippen LogP contribution in [0.25, 0.3) is 0 Å². The molecule has 0 saturated carbocycles. The van der Waals surface area contributed by atoms with Crippen LogP contribution in [0.1, 0.15) is 44.4 Å². The van der Waals surface area contributed by atoms with E-state index in [1.807, 2.05) is 17.8 Å². The molecule has 1 aliphatic rings. The third kappa shape index (κ3) is 6.12. The van der Waals surface area contributed by atoms with Gasteiger partial charge in [-0.1, -0.05) is 44.2 Å². The van der Waals surface area contributed by atoms with Crippen molar-refractivity contribution in [1.82, 2.24) is 0 Å². The SMILES string of the molecule is CC(=O)O.CC1(C)CC(O)CC(c2ccccc2)S1. The van der Waals surface area contributed by atoms with Crippen LogP contribution in [-0.4, -0.2) is 27.0 Å². The van der Waals surface area contributed by atoms with Gasteiger partial charge in [0.15, 0.2) is 0 Å². The molecule has 1 aromatic carbocycles. The van der Waals surface area contributed by atoms with Crippen LogP contribution in [0.5, 0.6) is 0 Å². The highest BCUT2D eigenvalue weighted by Crippen LogP contribution is 2.48. The Labute approximate surface area is 119 Å². The first kappa shape index (κ1) is 16.1. The van der Waals surface area contributed by atoms with Crippen LogP contribution in [0.4, 0.5) is 0 Å². The molecule has 19 heavy (non-hydrogen) atoms. The molecule has 2 N–H and O–H groups in total. The number of hydrogen-bond acceptors (Lipinski definition) is 3. The Hall–Kier alpha value is -1.00. The Morgan fingerprint density at radius 3 is 2.32 bits per heavy atom. The van der Waals surface area contributed by atoms with Crippen molar-refractivity contribution in [2.75, 3.05) is 0 Å². The zero-order valence-corrected chi connectivity index (χ0v) is 12.5. The lowest BCUT2D eigenvalue weighted by molar-refractivity contribution is -0.134. The molecule has 1 fully saturated rings. The predicted molar refractivity (Wildman–Crippen MR) is 79.4 cm³/mol. The molecule has 0 amide bonds. The van der Waals surface area contributed by atoms with Gasteiger partial charge in [0.25, 0.3) is 5.97 Å². The topological polar surface area (TPSA) is 57.5 Å². The van der Waals surface area contributed by atoms with Crippen molar-refractivity contribution in [3.05, 3.63) is 35.9 Å². The van der Waals surface area contributed by atoms with Gasteiger partial charge in [0.05, 0.1) is 6.10 Å². The van der Waals surface area contributed by atoms with Crippen molar-refractivity contribution in [3.8, 4) is 0 Å². The number of carboxylic acid groups (broad SMARTS) is 1. The van der Waals surface area contributed by atoms with Gasteiger partial charge in [0, 0.05) is 16.9 Å². The van der Waals surface area contributed by atoms with E-state index in [1.54, 1.807) is 0 Å². The summed E-state index contributed by atoms with van der Waals surface area (Å²) in [5.74, 6) is -0.833. The molecule has 0 aliphatic carbocycles. The molecule has 2 rings (SSSR count). The van der Waals surface area contributed by atoms with E-state index in [0.29, 0.717) is 5.25 Å². The maximum absolute atomic E-state index is 9.86. The highest BCUT2D eigenvalue weighted by molar-refractivity contribution is 8.00. The molecule has 106 valence electrons. The average molecular weight is 282 g/mol. The second-order valence-electron chi connectivity index (χ2n) is 5.39. The van der Waals surface area contributed by atoms with Gasteiger partial charge in [0.2, 0.25) is 0 Å². The van der Waals surface area contributed by atoms with Gasteiger partial charge in [-0.25, -0.2) is 0 Å². The minimum Gasteiger partial charge on any atom is -0.481 e. The number of carbonyl (C=O) groups is 1. The summed E-state index contributed by atoms with van der Waals surface area (Å²) < 4.78 is 0.193. The Morgan fingerprint density at radius 1 is 1.32 bits per heavy atom. The molecule has 4 heteroatoms. The predicted octanol–water partition coefficient (Wildman–Crippen LogP) is 3.49. The molecule has 1 aromatic rings. The van der Waals surface area contributed by atoms with Crippen molar-refractivity contribution in [1.29, 1.82) is 0 Å². The second-order valence-corrected chi connectivity index (χ2v) is 7.30. The molecular formula is C15H22O3S. The average Bonchev–Trinajstić information content (AvgIpc) is 2.26. The Bertz CT molecular complexity index is 399. The first-order valence-electron chi connectivity index (χ1n) is 6.40. The maximum atomic E-state index is 9.86. The largest absolute Gasteiger partial charge is 0.481 e. The fourth-order valence-electron chi connectivity index (χ4n) is 2.25. The van der Waals surface area contributed by atoms with Crippen LogP contribution < -0.4 is 0 Å². The summed E-state index contributed by atoms with van der Waals surface area (Å²) in [6.07, 6.45) is 1.64. The molecule has 0 spiro atoms. The lowest BCUT2D eigenvalue weighted by Crippen LogP contribution is -2.31. The van der Waals surface area contributed by atoms with Crippen molar-refractivity contribution < 1.29 is 15.0 Å². The van der Waals surface area contributed by atoms with Gasteiger partial charge in [-0.15, -0.1) is 11.8 Å². The number of rotatable bonds is 1. The Morgan fingerprint density at radius 2 is 1.84 bits per heavy atom. The molecule has 0 aromatic heterocycles. The molecule has 2 unspecified atom stereocenters. The van der Waals surface area contributed by atoms with Crippen LogP contribution in [0.2, 0.25) is 0 Å². The lowest BCUT2D eigenvalue weighted by atomic mass is 9.97. The molecule has 0 radical (unpaired) electrons. The van der Waals surface area contributed by atoms with Crippen LogP contribution in [0.15, 0.2) is 30.3 Å². The van der Waals surface area contributed by atoms with Crippen molar-refractivity contribution in [2.45, 2.75) is 49.7 Å². The summed E-state index contributed by atoms with van der Waals surface area (Å²) in [7, 11) is 0. The summed E-state index contributed by atoms with van der Waals surface area (Å²) in [4.78, 5) is 9.00. The molecule has 2 atom stereocenters. The summed E-state index contributed by atoms with van der Waals surface area (Å²) in [5, 5.41) is 17.7. The van der Waals surface area contributed by atoms with Gasteiger partial charge in [-0.05, 0) is 18.4 Å². The van der Waals surface area contributed by atoms with Crippen molar-refractivity contribution >= 4 is 17.7 Å². The van der Waals surface area contributed by atoms with E-state index in [2.05, 4.69) is 38.1 Å². The van der Waals surface area contributed by atoms with Crippen LogP contribution >= 0.6 is 11.8 Å². The minimum atomic E-state index is -0.833. The lowest BCUT2D eigenvalue weighted by Gasteiger charge is -2.37. The fraction of sp³-hybridized carbons (Fsp3) is 0.533. The Kier molecular flexibility index (Phi) is 5.88. The first-order chi connectivity index (χ1) is 8.80. The minimum absolute atomic E-state index is 0.147. The van der Waals surface area contributed by atoms with E-state index in [9.17, 15) is 5.11 Å². The van der Waals surface area contributed by atoms with Crippen LogP contribution in [-0.2, 0) is 4.79 Å². The number of hydrogen-bond donors (Lipinski definition) is 2. The standard InChI is InChI=1S/C13H18OS.C2H4O2/c1-13(2)9-11(14)8-12(15-13)10-6-4-3-5-7-10;1-2(3)4/h3-7,11-12,14H,8-9H2,1-2H3;1H3,(H,3,4). The van der Waals surface area contributed by atoms with Gasteiger partial charge < -0.3 is 10.2 Å². The van der Waals surface area contributed by atoms with Crippen molar-refractivity contribution in [2.24, 2.45) is 0 Å². The van der Waals surface area contributed by atoms with Gasteiger partial charge in [0.1, 0.15) is 0 Å². The maximum Gasteiger partial charge on any atom is 0.300 e. The normalized spacial score (nSPS) is 25.1. The van der Waals surface area contributed by atoms with Crippen LogP contribution in [0, 0.1) is 0 Å². The van der Waals surface area contributed by atoms with E-state index >= 15 is 0 Å². The monoisotopic (exact) mass is 282 g/mol. The number of aliphatic hydroxyl groups is 1. The van der Waals surface area contributed by atoms with Crippen LogP contribution in [0.3, 0.4) is 0 Å². The van der Waals surface area contributed by atoms with Crippen molar-refractivity contribution in [3.63, 3.8) is 0 Å². The molecule has 0 bridgehead atoms. The fourth-order valence-corrected chi connectivity index (χ4v) is 3.92. The number of thioether (sulfide) groups is 1. The molecule has 1 heterocycles. The van der Waals surface area contributed by atoms with E-state index in [0.717, 1.165) is 19.8 Å². The molecular weight excluding hydrogens is 260 g/mol. The number of aliphatic hydroxyl groups excluding tert-OH is 1. The van der Waals surface area contributed by atoms with E-state index < -0.39 is 5.97 Å². The smallest absolute Gasteiger partial charge is 0.300 e. The molecule has 1 aliphatic heterocycles. The van der Waals surface area contributed by atoms with Gasteiger partial charge >= 0.3 is 0 Å². The quantitative estimate of drug-likeness (QED) is 0.828. The third-order valence-corrected chi connectivity index (χ3v) is 4.40. The van der Waals surface area contributed by atoms with E-state index in [4.69, 9.17) is 9.90 Å². The van der Waals surface area contributed by atoms with Gasteiger partial charge in [-0.2, -0.15) is 0 Å². The van der Waals surface area contributed by atoms with E-state index in [1.165, 1.54) is 5.56 Å². The summed E-state index contributed by atoms with van der Waals surface area (Å²) in [6, 6.07) is 10.5. The Balaban J connectivity index is 0.000000399. The van der Waals surface area contributed by atoms with E-state index in [-0.39, 0.29) is 10.9 Å². The second kappa shape index (κ2) is 6.96. The summed E-state index contributed by atoms with van der Waals surface area (Å²) in [5.41, 5.74) is 1.34. The summed E-state index contributed by atoms with van der Waals surface area (Å²) >= 11 is 1.99. The summed E-state index contributed by atoms with van der Waals surface area (Å²) in [6.45, 7) is 5.52. The highest BCUT2D eigenvalue weighted by Gasteiger charge is 2.34. The first-order valence-corrected chi connectivity index (χ1v) is 7.28. The van der Waals surface area contributed by atoms with Gasteiger partial charge in [-0.3, -0.25) is 4.79 Å². The number of benzene rings is 1.